The highest BCUT2D eigenvalue weighted by molar-refractivity contribution is 6.02. The highest BCUT2D eigenvalue weighted by Crippen LogP contribution is 2.33. The smallest absolute Gasteiger partial charge is 0.212 e. The topological polar surface area (TPSA) is 86.5 Å². The van der Waals surface area contributed by atoms with Gasteiger partial charge in [-0.1, -0.05) is 12.1 Å². The summed E-state index contributed by atoms with van der Waals surface area (Å²) in [6, 6.07) is 5.45. The summed E-state index contributed by atoms with van der Waals surface area (Å²) < 4.78 is 5.46. The molecule has 0 radical (unpaired) electrons. The van der Waals surface area contributed by atoms with Crippen LogP contribution in [0, 0.1) is 12.3 Å². The van der Waals surface area contributed by atoms with Crippen molar-refractivity contribution in [2.45, 2.75) is 6.92 Å². The largest absolute Gasteiger partial charge is 0.504 e. The standard InChI is InChI=1S/C11H13N3O2/c1-6-4-3-5-7-8(15)10(16-9(6)7)11(12)14(2)13/h3-5,12,15H,13H2,1-2H3. The number of furan rings is 1. The van der Waals surface area contributed by atoms with Gasteiger partial charge in [0.25, 0.3) is 0 Å². The molecule has 1 aromatic carbocycles. The van der Waals surface area contributed by atoms with Crippen LogP contribution in [0.5, 0.6) is 5.75 Å². The van der Waals surface area contributed by atoms with E-state index < -0.39 is 0 Å². The van der Waals surface area contributed by atoms with Crippen molar-refractivity contribution in [1.29, 1.82) is 5.41 Å². The lowest BCUT2D eigenvalue weighted by Crippen LogP contribution is -2.32. The van der Waals surface area contributed by atoms with Gasteiger partial charge in [0.1, 0.15) is 5.58 Å². The van der Waals surface area contributed by atoms with Crippen LogP contribution in [0.15, 0.2) is 22.6 Å². The van der Waals surface area contributed by atoms with Crippen LogP contribution in [-0.4, -0.2) is 23.0 Å². The number of rotatable bonds is 1. The lowest BCUT2D eigenvalue weighted by atomic mass is 10.1. The molecule has 5 nitrogen and oxygen atoms in total. The Balaban J connectivity index is 2.69. The van der Waals surface area contributed by atoms with Crippen LogP contribution in [0.25, 0.3) is 11.0 Å². The molecule has 84 valence electrons. The second-order valence-electron chi connectivity index (χ2n) is 3.69. The first-order valence-electron chi connectivity index (χ1n) is 4.80. The molecule has 4 N–H and O–H groups in total. The summed E-state index contributed by atoms with van der Waals surface area (Å²) in [4.78, 5) is 0. The van der Waals surface area contributed by atoms with E-state index >= 15 is 0 Å². The molecular weight excluding hydrogens is 206 g/mol. The van der Waals surface area contributed by atoms with Crippen molar-refractivity contribution in [1.82, 2.24) is 5.01 Å². The zero-order chi connectivity index (χ0) is 11.9. The van der Waals surface area contributed by atoms with Gasteiger partial charge < -0.3 is 9.52 Å². The molecule has 0 amide bonds. The van der Waals surface area contributed by atoms with Crippen molar-refractivity contribution >= 4 is 16.8 Å². The van der Waals surface area contributed by atoms with E-state index in [1.807, 2.05) is 19.1 Å². The first-order chi connectivity index (χ1) is 7.52. The maximum atomic E-state index is 9.92. The number of benzene rings is 1. The van der Waals surface area contributed by atoms with E-state index in [9.17, 15) is 5.11 Å². The van der Waals surface area contributed by atoms with Crippen LogP contribution >= 0.6 is 0 Å². The van der Waals surface area contributed by atoms with Crippen molar-refractivity contribution < 1.29 is 9.52 Å². The molecule has 0 saturated carbocycles. The van der Waals surface area contributed by atoms with E-state index in [0.29, 0.717) is 11.0 Å². The number of nitrogens with two attached hydrogens (primary N) is 1. The number of para-hydroxylation sites is 1. The van der Waals surface area contributed by atoms with E-state index in [1.165, 1.54) is 7.05 Å². The molecule has 0 aliphatic carbocycles. The molecule has 0 aliphatic heterocycles. The third kappa shape index (κ3) is 1.42. The Bertz CT molecular complexity index is 558. The number of hydrogen-bond donors (Lipinski definition) is 3. The van der Waals surface area contributed by atoms with Gasteiger partial charge in [-0.3, -0.25) is 10.4 Å². The van der Waals surface area contributed by atoms with Gasteiger partial charge in [0.05, 0.1) is 5.39 Å². The molecule has 0 atom stereocenters. The van der Waals surface area contributed by atoms with Crippen LogP contribution in [0.1, 0.15) is 11.3 Å². The van der Waals surface area contributed by atoms with Crippen LogP contribution in [0.4, 0.5) is 0 Å². The van der Waals surface area contributed by atoms with Gasteiger partial charge in [0, 0.05) is 7.05 Å². The molecule has 0 aliphatic rings. The number of hydrogen-bond acceptors (Lipinski definition) is 4. The highest BCUT2D eigenvalue weighted by atomic mass is 16.4. The van der Waals surface area contributed by atoms with Crippen LogP contribution in [0.3, 0.4) is 0 Å². The Labute approximate surface area is 92.6 Å². The summed E-state index contributed by atoms with van der Waals surface area (Å²) in [5, 5.41) is 19.3. The van der Waals surface area contributed by atoms with Crippen LogP contribution in [-0.2, 0) is 0 Å². The zero-order valence-electron chi connectivity index (χ0n) is 9.11. The normalized spacial score (nSPS) is 10.7. The minimum atomic E-state index is -0.0619. The highest BCUT2D eigenvalue weighted by Gasteiger charge is 2.19. The van der Waals surface area contributed by atoms with Crippen LogP contribution in [0.2, 0.25) is 0 Å². The van der Waals surface area contributed by atoms with Gasteiger partial charge in [-0.15, -0.1) is 0 Å². The number of nitrogens with one attached hydrogen (secondary N) is 1. The van der Waals surface area contributed by atoms with Gasteiger partial charge in [-0.05, 0) is 18.6 Å². The number of aryl methyl sites for hydroxylation is 1. The van der Waals surface area contributed by atoms with E-state index in [1.54, 1.807) is 6.07 Å². The molecule has 0 saturated heterocycles. The molecule has 16 heavy (non-hydrogen) atoms. The summed E-state index contributed by atoms with van der Waals surface area (Å²) in [5.74, 6) is 5.42. The number of fused-ring (bicyclic) bond motifs is 1. The van der Waals surface area contributed by atoms with Gasteiger partial charge >= 0.3 is 0 Å². The Morgan fingerprint density at radius 2 is 2.19 bits per heavy atom. The van der Waals surface area contributed by atoms with Crippen molar-refractivity contribution in [2.75, 3.05) is 7.05 Å². The Morgan fingerprint density at radius 3 is 2.75 bits per heavy atom. The fourth-order valence-corrected chi connectivity index (χ4v) is 1.57. The molecule has 0 bridgehead atoms. The SMILES string of the molecule is Cc1cccc2c(O)c(C(=N)N(C)N)oc12. The van der Waals surface area contributed by atoms with Crippen molar-refractivity contribution in [3.8, 4) is 5.75 Å². The zero-order valence-corrected chi connectivity index (χ0v) is 9.11. The van der Waals surface area contributed by atoms with Gasteiger partial charge in [0.15, 0.2) is 11.6 Å². The predicted molar refractivity (Wildman–Crippen MR) is 61.4 cm³/mol. The van der Waals surface area contributed by atoms with Gasteiger partial charge in [-0.2, -0.15) is 0 Å². The van der Waals surface area contributed by atoms with E-state index in [-0.39, 0.29) is 17.3 Å². The second-order valence-corrected chi connectivity index (χ2v) is 3.69. The van der Waals surface area contributed by atoms with Gasteiger partial charge in [-0.25, -0.2) is 5.84 Å². The monoisotopic (exact) mass is 219 g/mol. The Morgan fingerprint density at radius 1 is 1.50 bits per heavy atom. The fourth-order valence-electron chi connectivity index (χ4n) is 1.57. The van der Waals surface area contributed by atoms with Crippen molar-refractivity contribution in [2.24, 2.45) is 5.84 Å². The number of nitrogens with zero attached hydrogens (tertiary/aromatic N) is 1. The van der Waals surface area contributed by atoms with Gasteiger partial charge in [0.2, 0.25) is 5.76 Å². The summed E-state index contributed by atoms with van der Waals surface area (Å²) >= 11 is 0. The summed E-state index contributed by atoms with van der Waals surface area (Å²) in [6.45, 7) is 1.88. The number of hydrazine groups is 1. The summed E-state index contributed by atoms with van der Waals surface area (Å²) in [6.07, 6.45) is 0. The summed E-state index contributed by atoms with van der Waals surface area (Å²) in [7, 11) is 1.52. The van der Waals surface area contributed by atoms with E-state index in [0.717, 1.165) is 10.6 Å². The first kappa shape index (κ1) is 10.5. The minimum absolute atomic E-state index is 0.0407. The Kier molecular flexibility index (Phi) is 2.32. The Hall–Kier alpha value is -2.01. The molecular formula is C11H13N3O2. The maximum absolute atomic E-state index is 9.92. The van der Waals surface area contributed by atoms with Crippen molar-refractivity contribution in [3.05, 3.63) is 29.5 Å². The molecule has 2 rings (SSSR count). The van der Waals surface area contributed by atoms with Crippen LogP contribution < -0.4 is 5.84 Å². The quantitative estimate of drug-likeness (QED) is 0.294. The molecule has 5 heteroatoms. The molecule has 1 aromatic heterocycles. The molecule has 0 fully saturated rings. The average molecular weight is 219 g/mol. The number of amidine groups is 1. The summed E-state index contributed by atoms with van der Waals surface area (Å²) in [5.41, 5.74) is 1.49. The van der Waals surface area contributed by atoms with Crippen molar-refractivity contribution in [3.63, 3.8) is 0 Å². The second kappa shape index (κ2) is 3.53. The third-order valence-corrected chi connectivity index (χ3v) is 2.45. The minimum Gasteiger partial charge on any atom is -0.504 e. The van der Waals surface area contributed by atoms with E-state index in [2.05, 4.69) is 0 Å². The fraction of sp³-hybridized carbons (Fsp3) is 0.182. The third-order valence-electron chi connectivity index (χ3n) is 2.45. The maximum Gasteiger partial charge on any atom is 0.212 e. The molecule has 0 unspecified atom stereocenters. The lowest BCUT2D eigenvalue weighted by molar-refractivity contribution is 0.447. The average Bonchev–Trinajstić information content (AvgIpc) is 2.57. The molecule has 0 spiro atoms. The van der Waals surface area contributed by atoms with E-state index in [4.69, 9.17) is 15.7 Å². The molecule has 1 heterocycles. The first-order valence-corrected chi connectivity index (χ1v) is 4.80. The molecule has 2 aromatic rings. The predicted octanol–water partition coefficient (Wildman–Crippen LogP) is 1.58. The number of aromatic hydroxyl groups is 1. The lowest BCUT2D eigenvalue weighted by Gasteiger charge is -2.10.